The van der Waals surface area contributed by atoms with Crippen molar-refractivity contribution in [3.8, 4) is 0 Å². The van der Waals surface area contributed by atoms with Crippen LogP contribution in [0.25, 0.3) is 5.57 Å². The number of aryl methyl sites for hydroxylation is 1. The number of aliphatic imine (C=N–C) groups is 1. The van der Waals surface area contributed by atoms with E-state index in [9.17, 15) is 4.79 Å². The van der Waals surface area contributed by atoms with Crippen LogP contribution in [0, 0.1) is 12.8 Å². The first-order chi connectivity index (χ1) is 15.5. The number of ether oxygens (including phenoxy) is 2. The molecule has 1 amide bonds. The van der Waals surface area contributed by atoms with Crippen molar-refractivity contribution < 1.29 is 14.3 Å². The number of amides is 1. The molecule has 0 saturated heterocycles. The van der Waals surface area contributed by atoms with Crippen LogP contribution in [-0.4, -0.2) is 37.1 Å². The number of hydrogen-bond donors (Lipinski definition) is 1. The normalized spacial score (nSPS) is 22.8. The molecule has 4 rings (SSSR count). The van der Waals surface area contributed by atoms with Gasteiger partial charge < -0.3 is 19.7 Å². The van der Waals surface area contributed by atoms with Gasteiger partial charge in [-0.2, -0.15) is 4.99 Å². The molecule has 0 radical (unpaired) electrons. The lowest BCUT2D eigenvalue weighted by Gasteiger charge is -2.23. The Hall–Kier alpha value is -3.61. The van der Waals surface area contributed by atoms with Gasteiger partial charge in [-0.05, 0) is 49.9 Å². The van der Waals surface area contributed by atoms with E-state index in [2.05, 4.69) is 33.7 Å². The molecule has 3 heterocycles. The highest BCUT2D eigenvalue weighted by Gasteiger charge is 2.27. The summed E-state index contributed by atoms with van der Waals surface area (Å²) in [7, 11) is 1.56. The van der Waals surface area contributed by atoms with Crippen molar-refractivity contribution in [3.63, 3.8) is 0 Å². The fourth-order valence-electron chi connectivity index (χ4n) is 4.02. The smallest absolute Gasteiger partial charge is 0.288 e. The SMILES string of the molecule is C=C/C1=C(\OC)OCCC[C@@H](C)CN2/C(=N/C(=O)c3cc(C)nc1c3)Nc1ccccc12. The number of methoxy groups -OCH3 is 1. The molecular weight excluding hydrogens is 404 g/mol. The highest BCUT2D eigenvalue weighted by atomic mass is 16.7. The summed E-state index contributed by atoms with van der Waals surface area (Å²) in [6, 6.07) is 11.4. The number of pyridine rings is 1. The lowest BCUT2D eigenvalue weighted by Crippen LogP contribution is -2.35. The second-order valence-corrected chi connectivity index (χ2v) is 8.08. The van der Waals surface area contributed by atoms with Crippen LogP contribution >= 0.6 is 0 Å². The second kappa shape index (κ2) is 9.26. The van der Waals surface area contributed by atoms with Gasteiger partial charge in [0.15, 0.2) is 0 Å². The van der Waals surface area contributed by atoms with Gasteiger partial charge in [0.1, 0.15) is 0 Å². The van der Waals surface area contributed by atoms with Crippen molar-refractivity contribution >= 4 is 28.8 Å². The van der Waals surface area contributed by atoms with E-state index in [1.807, 2.05) is 31.2 Å². The van der Waals surface area contributed by atoms with E-state index in [4.69, 9.17) is 9.47 Å². The molecule has 2 aliphatic heterocycles. The van der Waals surface area contributed by atoms with Crippen LogP contribution in [0.15, 0.2) is 60.0 Å². The first kappa shape index (κ1) is 21.6. The number of hydrogen-bond acceptors (Lipinski definition) is 6. The molecule has 7 nitrogen and oxygen atoms in total. The van der Waals surface area contributed by atoms with Crippen LogP contribution in [0.4, 0.5) is 11.4 Å². The molecule has 2 bridgehead atoms. The van der Waals surface area contributed by atoms with Crippen LogP contribution in [0.5, 0.6) is 0 Å². The number of benzene rings is 1. The number of rotatable bonds is 2. The standard InChI is InChI=1S/C25H28N4O3/c1-5-19-21-14-18(13-17(3)26-21)23(30)28-25-27-20-10-6-7-11-22(20)29(25)15-16(2)9-8-12-32-24(19)31-4/h5-7,10-11,13-14,16H,1,8-9,12,15H2,2-4H3,(H,27,28,30)/b24-19-/t16-/m1/s1. The largest absolute Gasteiger partial charge is 0.468 e. The first-order valence-corrected chi connectivity index (χ1v) is 10.8. The number of nitrogens with one attached hydrogen (secondary N) is 1. The molecule has 7 heteroatoms. The Kier molecular flexibility index (Phi) is 6.25. The van der Waals surface area contributed by atoms with Crippen molar-refractivity contribution in [2.24, 2.45) is 10.9 Å². The number of fused-ring (bicyclic) bond motifs is 5. The van der Waals surface area contributed by atoms with E-state index >= 15 is 0 Å². The maximum atomic E-state index is 13.2. The number of carbonyl (C=O) groups is 1. The maximum absolute atomic E-state index is 13.2. The molecule has 0 saturated carbocycles. The summed E-state index contributed by atoms with van der Waals surface area (Å²) < 4.78 is 11.4. The van der Waals surface area contributed by atoms with Gasteiger partial charge in [0.05, 0.1) is 36.4 Å². The number of allylic oxidation sites excluding steroid dienone is 2. The average molecular weight is 433 g/mol. The van der Waals surface area contributed by atoms with Crippen molar-refractivity contribution in [2.45, 2.75) is 26.7 Å². The van der Waals surface area contributed by atoms with Crippen LogP contribution in [0.1, 0.15) is 41.5 Å². The third-order valence-electron chi connectivity index (χ3n) is 5.56. The van der Waals surface area contributed by atoms with Gasteiger partial charge in [0.25, 0.3) is 11.9 Å². The molecule has 1 atom stereocenters. The summed E-state index contributed by atoms with van der Waals surface area (Å²) in [5.41, 5.74) is 4.27. The summed E-state index contributed by atoms with van der Waals surface area (Å²) in [5, 5.41) is 3.31. The number of guanidine groups is 1. The summed E-state index contributed by atoms with van der Waals surface area (Å²) in [4.78, 5) is 24.3. The van der Waals surface area contributed by atoms with Gasteiger partial charge in [0, 0.05) is 17.8 Å². The minimum atomic E-state index is -0.345. The Bertz CT molecular complexity index is 1110. The molecule has 0 unspecified atom stereocenters. The molecular formula is C25H28N4O3. The number of aromatic nitrogens is 1. The minimum absolute atomic E-state index is 0.345. The molecule has 0 fully saturated rings. The maximum Gasteiger partial charge on any atom is 0.288 e. The van der Waals surface area contributed by atoms with Crippen LogP contribution < -0.4 is 10.2 Å². The summed E-state index contributed by atoms with van der Waals surface area (Å²) in [6.45, 7) is 9.17. The molecule has 166 valence electrons. The van der Waals surface area contributed by atoms with Crippen molar-refractivity contribution in [2.75, 3.05) is 30.5 Å². The van der Waals surface area contributed by atoms with Gasteiger partial charge in [-0.3, -0.25) is 9.78 Å². The highest BCUT2D eigenvalue weighted by Crippen LogP contribution is 2.33. The predicted molar refractivity (Wildman–Crippen MR) is 127 cm³/mol. The Morgan fingerprint density at radius 2 is 2.12 bits per heavy atom. The topological polar surface area (TPSA) is 76.1 Å². The van der Waals surface area contributed by atoms with Crippen LogP contribution in [0.3, 0.4) is 0 Å². The first-order valence-electron chi connectivity index (χ1n) is 10.8. The van der Waals surface area contributed by atoms with Gasteiger partial charge in [-0.1, -0.05) is 31.7 Å². The number of anilines is 2. The molecule has 2 aliphatic rings. The summed E-state index contributed by atoms with van der Waals surface area (Å²) >= 11 is 0. The number of carbonyl (C=O) groups excluding carboxylic acids is 1. The van der Waals surface area contributed by atoms with Gasteiger partial charge in [0.2, 0.25) is 5.96 Å². The van der Waals surface area contributed by atoms with E-state index in [0.717, 1.165) is 30.8 Å². The Morgan fingerprint density at radius 1 is 1.31 bits per heavy atom. The zero-order valence-corrected chi connectivity index (χ0v) is 18.7. The van der Waals surface area contributed by atoms with E-state index in [-0.39, 0.29) is 5.91 Å². The quantitative estimate of drug-likeness (QED) is 0.737. The Balaban J connectivity index is 1.81. The summed E-state index contributed by atoms with van der Waals surface area (Å²) in [5.74, 6) is 0.905. The molecule has 0 spiro atoms. The zero-order valence-electron chi connectivity index (χ0n) is 18.7. The van der Waals surface area contributed by atoms with Crippen molar-refractivity contribution in [1.29, 1.82) is 0 Å². The summed E-state index contributed by atoms with van der Waals surface area (Å²) in [6.07, 6.45) is 3.45. The van der Waals surface area contributed by atoms with E-state index in [1.54, 1.807) is 25.3 Å². The number of para-hydroxylation sites is 2. The van der Waals surface area contributed by atoms with Gasteiger partial charge in [-0.15, -0.1) is 0 Å². The third kappa shape index (κ3) is 4.37. The fourth-order valence-corrected chi connectivity index (χ4v) is 4.02. The molecule has 1 aromatic heterocycles. The minimum Gasteiger partial charge on any atom is -0.468 e. The molecule has 0 aliphatic carbocycles. The zero-order chi connectivity index (χ0) is 22.7. The van der Waals surface area contributed by atoms with Gasteiger partial charge >= 0.3 is 0 Å². The van der Waals surface area contributed by atoms with Crippen LogP contribution in [0.2, 0.25) is 0 Å². The monoisotopic (exact) mass is 432 g/mol. The number of nitrogens with zero attached hydrogens (tertiary/aromatic N) is 3. The molecule has 1 N–H and O–H groups in total. The highest BCUT2D eigenvalue weighted by molar-refractivity contribution is 6.19. The molecule has 2 aromatic rings. The lowest BCUT2D eigenvalue weighted by atomic mass is 10.1. The second-order valence-electron chi connectivity index (χ2n) is 8.08. The fraction of sp³-hybridized carbons (Fsp3) is 0.320. The molecule has 32 heavy (non-hydrogen) atoms. The Labute approximate surface area is 188 Å². The lowest BCUT2D eigenvalue weighted by molar-refractivity contribution is 0.0616. The van der Waals surface area contributed by atoms with E-state index < -0.39 is 0 Å². The van der Waals surface area contributed by atoms with Crippen LogP contribution in [-0.2, 0) is 9.47 Å². The van der Waals surface area contributed by atoms with Crippen molar-refractivity contribution in [1.82, 2.24) is 4.98 Å². The predicted octanol–water partition coefficient (Wildman–Crippen LogP) is 4.77. The van der Waals surface area contributed by atoms with Gasteiger partial charge in [-0.25, -0.2) is 0 Å². The van der Waals surface area contributed by atoms with E-state index in [1.165, 1.54) is 0 Å². The van der Waals surface area contributed by atoms with Crippen molar-refractivity contribution in [3.05, 3.63) is 71.9 Å². The Morgan fingerprint density at radius 3 is 2.91 bits per heavy atom. The third-order valence-corrected chi connectivity index (χ3v) is 5.56. The average Bonchev–Trinajstić information content (AvgIpc) is 3.11. The van der Waals surface area contributed by atoms with E-state index in [0.29, 0.717) is 47.0 Å². The molecule has 1 aromatic carbocycles.